The summed E-state index contributed by atoms with van der Waals surface area (Å²) in [4.78, 5) is 11.9. The quantitative estimate of drug-likeness (QED) is 0.822. The van der Waals surface area contributed by atoms with Crippen LogP contribution in [0, 0.1) is 0 Å². The second kappa shape index (κ2) is 6.48. The molecule has 112 valence electrons. The first-order valence-electron chi connectivity index (χ1n) is 5.61. The van der Waals surface area contributed by atoms with Crippen LogP contribution >= 0.6 is 23.1 Å². The number of nitrogens with zero attached hydrogens (tertiary/aromatic N) is 2. The Balaban J connectivity index is 2.13. The summed E-state index contributed by atoms with van der Waals surface area (Å²) in [5.41, 5.74) is 0.472. The maximum atomic E-state index is 11.9. The van der Waals surface area contributed by atoms with Crippen LogP contribution in [-0.2, 0) is 21.4 Å². The van der Waals surface area contributed by atoms with Crippen LogP contribution in [0.15, 0.2) is 29.2 Å². The third-order valence-corrected chi connectivity index (χ3v) is 4.89. The molecule has 21 heavy (non-hydrogen) atoms. The van der Waals surface area contributed by atoms with E-state index in [1.807, 2.05) is 0 Å². The Morgan fingerprint density at radius 3 is 2.86 bits per heavy atom. The van der Waals surface area contributed by atoms with Crippen LogP contribution in [0.1, 0.15) is 16.1 Å². The van der Waals surface area contributed by atoms with E-state index in [9.17, 15) is 13.2 Å². The first-order valence-corrected chi connectivity index (χ1v) is 8.25. The number of nitrogens with one attached hydrogen (secondary N) is 1. The fourth-order valence-corrected chi connectivity index (χ4v) is 2.79. The van der Waals surface area contributed by atoms with Gasteiger partial charge in [0.1, 0.15) is 16.6 Å². The van der Waals surface area contributed by atoms with Gasteiger partial charge in [-0.25, -0.2) is 17.9 Å². The van der Waals surface area contributed by atoms with Crippen molar-refractivity contribution in [2.75, 3.05) is 7.05 Å². The Hall–Kier alpha value is -1.55. The number of rotatable bonds is 5. The Labute approximate surface area is 130 Å². The molecule has 0 radical (unpaired) electrons. The van der Waals surface area contributed by atoms with Gasteiger partial charge in [0, 0.05) is 11.5 Å². The lowest BCUT2D eigenvalue weighted by Crippen LogP contribution is -2.19. The highest BCUT2D eigenvalue weighted by Crippen LogP contribution is 2.19. The van der Waals surface area contributed by atoms with Crippen molar-refractivity contribution in [1.82, 2.24) is 14.3 Å². The second-order valence-electron chi connectivity index (χ2n) is 3.80. The van der Waals surface area contributed by atoms with Gasteiger partial charge >= 0.3 is 5.97 Å². The number of carbonyl (C=O) groups excluding carboxylic acids is 1. The highest BCUT2D eigenvalue weighted by atomic mass is 35.5. The molecular weight excluding hydrogens is 338 g/mol. The van der Waals surface area contributed by atoms with Crippen molar-refractivity contribution >= 4 is 39.1 Å². The monoisotopic (exact) mass is 347 g/mol. The minimum atomic E-state index is -3.62. The van der Waals surface area contributed by atoms with Crippen LogP contribution in [-0.4, -0.2) is 31.0 Å². The third kappa shape index (κ3) is 3.76. The molecule has 2 rings (SSSR count). The Morgan fingerprint density at radius 1 is 1.48 bits per heavy atom. The van der Waals surface area contributed by atoms with Crippen molar-refractivity contribution in [1.29, 1.82) is 0 Å². The zero-order valence-electron chi connectivity index (χ0n) is 10.7. The Kier molecular flexibility index (Phi) is 4.88. The first kappa shape index (κ1) is 15.8. The molecule has 2 aromatic rings. The third-order valence-electron chi connectivity index (χ3n) is 2.50. The molecule has 0 atom stereocenters. The van der Waals surface area contributed by atoms with Crippen molar-refractivity contribution < 1.29 is 17.9 Å². The van der Waals surface area contributed by atoms with E-state index in [4.69, 9.17) is 16.3 Å². The topological polar surface area (TPSA) is 98.2 Å². The zero-order valence-corrected chi connectivity index (χ0v) is 13.1. The standard InChI is InChI=1S/C11H10ClN3O4S2/c1-13-21(17,18)8-4-2-3-7(5-8)11(16)19-6-9-10(12)20-15-14-9/h2-5,13H,6H2,1H3. The van der Waals surface area contributed by atoms with Gasteiger partial charge in [-0.2, -0.15) is 0 Å². The predicted octanol–water partition coefficient (Wildman–Crippen LogP) is 1.46. The molecule has 7 nitrogen and oxygen atoms in total. The van der Waals surface area contributed by atoms with Crippen LogP contribution in [0.25, 0.3) is 0 Å². The minimum Gasteiger partial charge on any atom is -0.455 e. The second-order valence-corrected chi connectivity index (χ2v) is 7.05. The van der Waals surface area contributed by atoms with E-state index < -0.39 is 16.0 Å². The lowest BCUT2D eigenvalue weighted by atomic mass is 10.2. The number of hydrogen-bond acceptors (Lipinski definition) is 7. The van der Waals surface area contributed by atoms with Gasteiger partial charge in [0.15, 0.2) is 0 Å². The molecule has 0 aliphatic heterocycles. The van der Waals surface area contributed by atoms with Crippen LogP contribution in [0.4, 0.5) is 0 Å². The normalized spacial score (nSPS) is 11.3. The predicted molar refractivity (Wildman–Crippen MR) is 76.7 cm³/mol. The number of benzene rings is 1. The van der Waals surface area contributed by atoms with Gasteiger partial charge < -0.3 is 4.74 Å². The van der Waals surface area contributed by atoms with E-state index in [2.05, 4.69) is 14.3 Å². The Bertz CT molecular complexity index is 760. The molecule has 0 spiro atoms. The number of carbonyl (C=O) groups is 1. The number of ether oxygens (including phenoxy) is 1. The van der Waals surface area contributed by atoms with Crippen molar-refractivity contribution in [2.24, 2.45) is 0 Å². The number of esters is 1. The van der Waals surface area contributed by atoms with Crippen LogP contribution in [0.2, 0.25) is 4.34 Å². The number of sulfonamides is 1. The smallest absolute Gasteiger partial charge is 0.338 e. The summed E-state index contributed by atoms with van der Waals surface area (Å²) >= 11 is 6.77. The van der Waals surface area contributed by atoms with Gasteiger partial charge in [-0.1, -0.05) is 22.2 Å². The number of aromatic nitrogens is 2. The van der Waals surface area contributed by atoms with Gasteiger partial charge in [-0.15, -0.1) is 5.10 Å². The van der Waals surface area contributed by atoms with Crippen molar-refractivity contribution in [3.63, 3.8) is 0 Å². The summed E-state index contributed by atoms with van der Waals surface area (Å²) in [6.45, 7) is -0.128. The molecule has 0 bridgehead atoms. The Morgan fingerprint density at radius 2 is 2.24 bits per heavy atom. The molecule has 1 aromatic carbocycles. The highest BCUT2D eigenvalue weighted by Gasteiger charge is 2.16. The zero-order chi connectivity index (χ0) is 15.5. The van der Waals surface area contributed by atoms with Gasteiger partial charge in [0.2, 0.25) is 10.0 Å². The van der Waals surface area contributed by atoms with E-state index >= 15 is 0 Å². The summed E-state index contributed by atoms with van der Waals surface area (Å²) in [7, 11) is -2.33. The molecule has 0 saturated heterocycles. The largest absolute Gasteiger partial charge is 0.455 e. The summed E-state index contributed by atoms with van der Waals surface area (Å²) in [5, 5.41) is 3.70. The van der Waals surface area contributed by atoms with Crippen LogP contribution in [0.3, 0.4) is 0 Å². The van der Waals surface area contributed by atoms with E-state index in [0.29, 0.717) is 10.0 Å². The molecule has 1 aromatic heterocycles. The highest BCUT2D eigenvalue weighted by molar-refractivity contribution is 7.89. The van der Waals surface area contributed by atoms with Crippen LogP contribution in [0.5, 0.6) is 0 Å². The van der Waals surface area contributed by atoms with Gasteiger partial charge in [0.25, 0.3) is 0 Å². The van der Waals surface area contributed by atoms with E-state index in [1.54, 1.807) is 0 Å². The molecule has 0 aliphatic rings. The van der Waals surface area contributed by atoms with Crippen molar-refractivity contribution in [2.45, 2.75) is 11.5 Å². The summed E-state index contributed by atoms with van der Waals surface area (Å²) < 4.78 is 34.5. The first-order chi connectivity index (χ1) is 9.94. The lowest BCUT2D eigenvalue weighted by Gasteiger charge is -2.06. The molecule has 0 fully saturated rings. The molecule has 1 N–H and O–H groups in total. The summed E-state index contributed by atoms with van der Waals surface area (Å²) in [5.74, 6) is -0.674. The van der Waals surface area contributed by atoms with Gasteiger partial charge in [-0.3, -0.25) is 0 Å². The molecule has 0 saturated carbocycles. The molecular formula is C11H10ClN3O4S2. The maximum Gasteiger partial charge on any atom is 0.338 e. The summed E-state index contributed by atoms with van der Waals surface area (Å²) in [6, 6.07) is 5.52. The molecule has 10 heteroatoms. The van der Waals surface area contributed by atoms with Crippen LogP contribution < -0.4 is 4.72 Å². The lowest BCUT2D eigenvalue weighted by molar-refractivity contribution is 0.0467. The van der Waals surface area contributed by atoms with Crippen molar-refractivity contribution in [3.05, 3.63) is 39.9 Å². The molecule has 0 amide bonds. The van der Waals surface area contributed by atoms with E-state index in [-0.39, 0.29) is 17.1 Å². The average Bonchev–Trinajstić information content (AvgIpc) is 2.90. The maximum absolute atomic E-state index is 11.9. The SMILES string of the molecule is CNS(=O)(=O)c1cccc(C(=O)OCc2nnsc2Cl)c1. The van der Waals surface area contributed by atoms with E-state index in [0.717, 1.165) is 11.5 Å². The molecule has 1 heterocycles. The average molecular weight is 348 g/mol. The summed E-state index contributed by atoms with van der Waals surface area (Å²) in [6.07, 6.45) is 0. The number of hydrogen-bond donors (Lipinski definition) is 1. The molecule has 0 aliphatic carbocycles. The van der Waals surface area contributed by atoms with E-state index in [1.165, 1.54) is 31.3 Å². The minimum absolute atomic E-state index is 0.0205. The fourth-order valence-electron chi connectivity index (χ4n) is 1.41. The number of halogens is 1. The van der Waals surface area contributed by atoms with Gasteiger partial charge in [0.05, 0.1) is 10.5 Å². The van der Waals surface area contributed by atoms with Gasteiger partial charge in [-0.05, 0) is 25.2 Å². The fraction of sp³-hybridized carbons (Fsp3) is 0.182. The molecule has 0 unspecified atom stereocenters. The van der Waals surface area contributed by atoms with Crippen molar-refractivity contribution in [3.8, 4) is 0 Å².